The van der Waals surface area contributed by atoms with Crippen LogP contribution in [0.15, 0.2) is 18.2 Å². The lowest BCUT2D eigenvalue weighted by Crippen LogP contribution is -2.41. The molecule has 4 heteroatoms. The molecule has 4 nitrogen and oxygen atoms in total. The standard InChI is InChI=1S/C14H21N3O/c1-14(7-4-8-14)16-12-9-10(5-6-11(12)15)13(18)17(2)3/h5-6,9,16H,4,7-8,15H2,1-3H3. The van der Waals surface area contributed by atoms with Crippen molar-refractivity contribution in [3.63, 3.8) is 0 Å². The molecule has 2 rings (SSSR count). The molecule has 1 saturated carbocycles. The van der Waals surface area contributed by atoms with Crippen LogP contribution < -0.4 is 11.1 Å². The molecule has 0 aliphatic heterocycles. The Hall–Kier alpha value is -1.71. The highest BCUT2D eigenvalue weighted by molar-refractivity contribution is 5.96. The Morgan fingerprint density at radius 1 is 1.39 bits per heavy atom. The molecular weight excluding hydrogens is 226 g/mol. The van der Waals surface area contributed by atoms with Crippen molar-refractivity contribution in [2.45, 2.75) is 31.7 Å². The van der Waals surface area contributed by atoms with Crippen LogP contribution in [-0.2, 0) is 0 Å². The molecule has 0 atom stereocenters. The number of hydrogen-bond donors (Lipinski definition) is 2. The smallest absolute Gasteiger partial charge is 0.253 e. The fourth-order valence-corrected chi connectivity index (χ4v) is 2.21. The van der Waals surface area contributed by atoms with E-state index in [-0.39, 0.29) is 11.4 Å². The number of anilines is 2. The number of carbonyl (C=O) groups is 1. The van der Waals surface area contributed by atoms with Gasteiger partial charge in [0.1, 0.15) is 0 Å². The van der Waals surface area contributed by atoms with Gasteiger partial charge in [0, 0.05) is 25.2 Å². The van der Waals surface area contributed by atoms with Crippen molar-refractivity contribution < 1.29 is 4.79 Å². The van der Waals surface area contributed by atoms with Crippen LogP contribution in [0.1, 0.15) is 36.5 Å². The van der Waals surface area contributed by atoms with Crippen molar-refractivity contribution in [1.82, 2.24) is 4.90 Å². The second-order valence-corrected chi connectivity index (χ2v) is 5.54. The van der Waals surface area contributed by atoms with Gasteiger partial charge in [-0.15, -0.1) is 0 Å². The van der Waals surface area contributed by atoms with Gasteiger partial charge >= 0.3 is 0 Å². The van der Waals surface area contributed by atoms with Crippen LogP contribution in [0.25, 0.3) is 0 Å². The van der Waals surface area contributed by atoms with Gasteiger partial charge in [0.15, 0.2) is 0 Å². The maximum absolute atomic E-state index is 11.9. The van der Waals surface area contributed by atoms with Crippen molar-refractivity contribution in [2.24, 2.45) is 0 Å². The third-order valence-electron chi connectivity index (χ3n) is 3.60. The van der Waals surface area contributed by atoms with E-state index in [0.29, 0.717) is 11.3 Å². The predicted octanol–water partition coefficient (Wildman–Crippen LogP) is 2.33. The first-order chi connectivity index (χ1) is 8.41. The predicted molar refractivity (Wildman–Crippen MR) is 74.8 cm³/mol. The van der Waals surface area contributed by atoms with Crippen LogP contribution in [-0.4, -0.2) is 30.4 Å². The van der Waals surface area contributed by atoms with Crippen molar-refractivity contribution in [3.05, 3.63) is 23.8 Å². The van der Waals surface area contributed by atoms with Crippen LogP contribution in [0, 0.1) is 0 Å². The van der Waals surface area contributed by atoms with E-state index in [1.165, 1.54) is 6.42 Å². The highest BCUT2D eigenvalue weighted by Gasteiger charge is 2.31. The average Bonchev–Trinajstić information content (AvgIpc) is 2.29. The molecule has 1 aliphatic rings. The summed E-state index contributed by atoms with van der Waals surface area (Å²) in [4.78, 5) is 13.5. The van der Waals surface area contributed by atoms with Gasteiger partial charge in [-0.05, 0) is 44.4 Å². The van der Waals surface area contributed by atoms with E-state index >= 15 is 0 Å². The fourth-order valence-electron chi connectivity index (χ4n) is 2.21. The van der Waals surface area contributed by atoms with Gasteiger partial charge in [-0.3, -0.25) is 4.79 Å². The number of benzene rings is 1. The third kappa shape index (κ3) is 2.42. The molecule has 1 aliphatic carbocycles. The van der Waals surface area contributed by atoms with E-state index < -0.39 is 0 Å². The molecule has 0 bridgehead atoms. The monoisotopic (exact) mass is 247 g/mol. The number of rotatable bonds is 3. The lowest BCUT2D eigenvalue weighted by Gasteiger charge is -2.40. The van der Waals surface area contributed by atoms with E-state index in [0.717, 1.165) is 18.5 Å². The maximum atomic E-state index is 11.9. The molecule has 1 aromatic carbocycles. The summed E-state index contributed by atoms with van der Waals surface area (Å²) in [7, 11) is 3.50. The van der Waals surface area contributed by atoms with Gasteiger partial charge in [0.05, 0.1) is 11.4 Å². The molecule has 3 N–H and O–H groups in total. The van der Waals surface area contributed by atoms with E-state index in [1.807, 2.05) is 6.07 Å². The summed E-state index contributed by atoms with van der Waals surface area (Å²) < 4.78 is 0. The normalized spacial score (nSPS) is 16.8. The Kier molecular flexibility index (Phi) is 3.20. The molecule has 0 spiro atoms. The number of amides is 1. The molecule has 18 heavy (non-hydrogen) atoms. The number of nitrogens with zero attached hydrogens (tertiary/aromatic N) is 1. The number of carbonyl (C=O) groups excluding carboxylic acids is 1. The molecule has 1 amide bonds. The lowest BCUT2D eigenvalue weighted by atomic mass is 9.78. The van der Waals surface area contributed by atoms with Crippen LogP contribution in [0.3, 0.4) is 0 Å². The zero-order chi connectivity index (χ0) is 13.3. The molecule has 98 valence electrons. The second kappa shape index (κ2) is 4.52. The van der Waals surface area contributed by atoms with E-state index in [4.69, 9.17) is 5.73 Å². The van der Waals surface area contributed by atoms with Crippen LogP contribution in [0.5, 0.6) is 0 Å². The summed E-state index contributed by atoms with van der Waals surface area (Å²) in [5, 5.41) is 3.46. The first-order valence-corrected chi connectivity index (χ1v) is 6.31. The third-order valence-corrected chi connectivity index (χ3v) is 3.60. The highest BCUT2D eigenvalue weighted by atomic mass is 16.2. The van der Waals surface area contributed by atoms with Gasteiger partial charge in [-0.1, -0.05) is 0 Å². The lowest BCUT2D eigenvalue weighted by molar-refractivity contribution is 0.0827. The SMILES string of the molecule is CN(C)C(=O)c1ccc(N)c(NC2(C)CCC2)c1. The van der Waals surface area contributed by atoms with Crippen molar-refractivity contribution in [1.29, 1.82) is 0 Å². The minimum absolute atomic E-state index is 0.00295. The molecule has 1 fully saturated rings. The number of nitrogens with one attached hydrogen (secondary N) is 1. The summed E-state index contributed by atoms with van der Waals surface area (Å²) in [6, 6.07) is 5.41. The molecule has 0 saturated heterocycles. The van der Waals surface area contributed by atoms with E-state index in [2.05, 4.69) is 12.2 Å². The first-order valence-electron chi connectivity index (χ1n) is 6.31. The average molecular weight is 247 g/mol. The Bertz CT molecular complexity index is 464. The van der Waals surface area contributed by atoms with Crippen LogP contribution >= 0.6 is 0 Å². The summed E-state index contributed by atoms with van der Waals surface area (Å²) in [6.07, 6.45) is 3.55. The summed E-state index contributed by atoms with van der Waals surface area (Å²) in [5.41, 5.74) is 8.32. The summed E-state index contributed by atoms with van der Waals surface area (Å²) >= 11 is 0. The van der Waals surface area contributed by atoms with Crippen molar-refractivity contribution in [3.8, 4) is 0 Å². The van der Waals surface area contributed by atoms with Crippen LogP contribution in [0.2, 0.25) is 0 Å². The Labute approximate surface area is 108 Å². The van der Waals surface area contributed by atoms with E-state index in [1.54, 1.807) is 31.1 Å². The molecular formula is C14H21N3O. The zero-order valence-electron chi connectivity index (χ0n) is 11.3. The quantitative estimate of drug-likeness (QED) is 0.806. The van der Waals surface area contributed by atoms with Gasteiger partial charge in [-0.2, -0.15) is 0 Å². The molecule has 1 aromatic rings. The van der Waals surface area contributed by atoms with Gasteiger partial charge in [-0.25, -0.2) is 0 Å². The molecule has 0 heterocycles. The second-order valence-electron chi connectivity index (χ2n) is 5.54. The Morgan fingerprint density at radius 2 is 2.06 bits per heavy atom. The summed E-state index contributed by atoms with van der Waals surface area (Å²) in [6.45, 7) is 2.19. The van der Waals surface area contributed by atoms with Gasteiger partial charge in [0.2, 0.25) is 0 Å². The first kappa shape index (κ1) is 12.7. The molecule has 0 radical (unpaired) electrons. The molecule has 0 aromatic heterocycles. The highest BCUT2D eigenvalue weighted by Crippen LogP contribution is 2.36. The van der Waals surface area contributed by atoms with Crippen molar-refractivity contribution >= 4 is 17.3 Å². The van der Waals surface area contributed by atoms with Crippen molar-refractivity contribution in [2.75, 3.05) is 25.1 Å². The Morgan fingerprint density at radius 3 is 2.56 bits per heavy atom. The minimum atomic E-state index is -0.00295. The summed E-state index contributed by atoms with van der Waals surface area (Å²) in [5.74, 6) is -0.00295. The van der Waals surface area contributed by atoms with Gasteiger partial charge in [0.25, 0.3) is 5.91 Å². The topological polar surface area (TPSA) is 58.4 Å². The van der Waals surface area contributed by atoms with Gasteiger partial charge < -0.3 is 16.0 Å². The fraction of sp³-hybridized carbons (Fsp3) is 0.500. The van der Waals surface area contributed by atoms with Crippen LogP contribution in [0.4, 0.5) is 11.4 Å². The minimum Gasteiger partial charge on any atom is -0.397 e. The Balaban J connectivity index is 2.24. The largest absolute Gasteiger partial charge is 0.397 e. The molecule has 0 unspecified atom stereocenters. The number of nitrogens with two attached hydrogens (primary N) is 1. The number of nitrogen functional groups attached to an aromatic ring is 1. The maximum Gasteiger partial charge on any atom is 0.253 e. The van der Waals surface area contributed by atoms with E-state index in [9.17, 15) is 4.79 Å². The number of hydrogen-bond acceptors (Lipinski definition) is 3. The zero-order valence-corrected chi connectivity index (χ0v) is 11.3.